The lowest BCUT2D eigenvalue weighted by Gasteiger charge is -2.29. The fourth-order valence-corrected chi connectivity index (χ4v) is 5.33. The lowest BCUT2D eigenvalue weighted by atomic mass is 9.99. The number of nitro groups is 1. The first-order chi connectivity index (χ1) is 15.2. The topological polar surface area (TPSA) is 97.6 Å². The van der Waals surface area contributed by atoms with E-state index in [0.29, 0.717) is 19.5 Å². The molecule has 32 heavy (non-hydrogen) atoms. The van der Waals surface area contributed by atoms with Crippen LogP contribution in [0.15, 0.2) is 71.6 Å². The summed E-state index contributed by atoms with van der Waals surface area (Å²) in [6.07, 6.45) is 0.671. The highest BCUT2D eigenvalue weighted by atomic mass is 32.2. The molecule has 0 aromatic heterocycles. The monoisotopic (exact) mass is 454 g/mol. The highest BCUT2D eigenvalue weighted by molar-refractivity contribution is 7.90. The summed E-state index contributed by atoms with van der Waals surface area (Å²) >= 11 is 0. The number of carbonyl (C=O) groups excluding carboxylic acids is 1. The second kappa shape index (κ2) is 8.51. The molecular formula is C23H19FN2O5S. The average molecular weight is 454 g/mol. The van der Waals surface area contributed by atoms with Crippen molar-refractivity contribution in [2.24, 2.45) is 0 Å². The first kappa shape index (κ1) is 21.6. The van der Waals surface area contributed by atoms with E-state index in [2.05, 4.69) is 0 Å². The van der Waals surface area contributed by atoms with Crippen LogP contribution in [0.3, 0.4) is 0 Å². The van der Waals surface area contributed by atoms with Crippen molar-refractivity contribution < 1.29 is 22.5 Å². The maximum Gasteiger partial charge on any atom is 0.288 e. The van der Waals surface area contributed by atoms with E-state index in [1.807, 2.05) is 24.3 Å². The van der Waals surface area contributed by atoms with Gasteiger partial charge in [0.1, 0.15) is 10.7 Å². The minimum atomic E-state index is -4.15. The van der Waals surface area contributed by atoms with Crippen LogP contribution in [0.1, 0.15) is 27.0 Å². The van der Waals surface area contributed by atoms with Gasteiger partial charge in [-0.2, -0.15) is 0 Å². The number of nitrogens with zero attached hydrogens (tertiary/aromatic N) is 2. The number of halogens is 1. The molecule has 1 amide bonds. The number of hydrogen-bond donors (Lipinski definition) is 0. The molecule has 1 aliphatic rings. The van der Waals surface area contributed by atoms with Crippen LogP contribution < -0.4 is 0 Å². The molecule has 3 aromatic carbocycles. The van der Waals surface area contributed by atoms with E-state index in [4.69, 9.17) is 0 Å². The third-order valence-electron chi connectivity index (χ3n) is 5.40. The lowest BCUT2D eigenvalue weighted by molar-refractivity contribution is -0.387. The zero-order valence-electron chi connectivity index (χ0n) is 16.9. The minimum absolute atomic E-state index is 0.0424. The maximum atomic E-state index is 13.4. The summed E-state index contributed by atoms with van der Waals surface area (Å²) in [5.74, 6) is -1.60. The summed E-state index contributed by atoms with van der Waals surface area (Å²) in [7, 11) is -4.15. The SMILES string of the molecule is O=C(c1ccc(S(=O)(=O)Cc2cccc(F)c2)c([N+](=O)[O-])c1)N1CCc2ccccc2C1. The Morgan fingerprint density at radius 1 is 1.03 bits per heavy atom. The molecule has 0 radical (unpaired) electrons. The Morgan fingerprint density at radius 3 is 2.50 bits per heavy atom. The molecule has 0 unspecified atom stereocenters. The van der Waals surface area contributed by atoms with Gasteiger partial charge in [0.2, 0.25) is 0 Å². The van der Waals surface area contributed by atoms with Crippen LogP contribution in [0.5, 0.6) is 0 Å². The Morgan fingerprint density at radius 2 is 1.78 bits per heavy atom. The molecule has 0 spiro atoms. The van der Waals surface area contributed by atoms with Crippen LogP contribution in [0.2, 0.25) is 0 Å². The zero-order valence-corrected chi connectivity index (χ0v) is 17.7. The summed E-state index contributed by atoms with van der Waals surface area (Å²) in [6, 6.07) is 16.2. The predicted molar refractivity (Wildman–Crippen MR) is 115 cm³/mol. The summed E-state index contributed by atoms with van der Waals surface area (Å²) < 4.78 is 39.1. The van der Waals surface area contributed by atoms with Crippen LogP contribution in [-0.4, -0.2) is 30.7 Å². The van der Waals surface area contributed by atoms with E-state index in [1.54, 1.807) is 4.90 Å². The molecule has 0 fully saturated rings. The molecule has 0 aliphatic carbocycles. The van der Waals surface area contributed by atoms with Crippen LogP contribution in [0, 0.1) is 15.9 Å². The number of hydrogen-bond acceptors (Lipinski definition) is 5. The van der Waals surface area contributed by atoms with Crippen molar-refractivity contribution in [3.63, 3.8) is 0 Å². The molecule has 0 bridgehead atoms. The van der Waals surface area contributed by atoms with Gasteiger partial charge < -0.3 is 4.90 Å². The van der Waals surface area contributed by atoms with E-state index >= 15 is 0 Å². The molecule has 9 heteroatoms. The summed E-state index contributed by atoms with van der Waals surface area (Å²) in [5, 5.41) is 11.6. The van der Waals surface area contributed by atoms with E-state index in [-0.39, 0.29) is 11.1 Å². The van der Waals surface area contributed by atoms with Gasteiger partial charge in [-0.1, -0.05) is 36.4 Å². The fourth-order valence-electron chi connectivity index (χ4n) is 3.83. The molecule has 164 valence electrons. The van der Waals surface area contributed by atoms with Gasteiger partial charge in [0.15, 0.2) is 9.84 Å². The van der Waals surface area contributed by atoms with Crippen LogP contribution in [0.25, 0.3) is 0 Å². The molecule has 0 atom stereocenters. The lowest BCUT2D eigenvalue weighted by Crippen LogP contribution is -2.36. The van der Waals surface area contributed by atoms with Crippen molar-refractivity contribution in [3.8, 4) is 0 Å². The molecule has 0 N–H and O–H groups in total. The highest BCUT2D eigenvalue weighted by Crippen LogP contribution is 2.29. The Kier molecular flexibility index (Phi) is 5.75. The second-order valence-electron chi connectivity index (χ2n) is 7.57. The molecule has 0 saturated carbocycles. The van der Waals surface area contributed by atoms with Gasteiger partial charge in [0.05, 0.1) is 10.7 Å². The Bertz CT molecular complexity index is 1320. The predicted octanol–water partition coefficient (Wildman–Crippen LogP) is 3.91. The Balaban J connectivity index is 1.63. The first-order valence-corrected chi connectivity index (χ1v) is 11.5. The van der Waals surface area contributed by atoms with Crippen molar-refractivity contribution in [3.05, 3.63) is 105 Å². The quantitative estimate of drug-likeness (QED) is 0.430. The maximum absolute atomic E-state index is 13.4. The number of amides is 1. The summed E-state index contributed by atoms with van der Waals surface area (Å²) in [4.78, 5) is 24.9. The van der Waals surface area contributed by atoms with E-state index in [1.165, 1.54) is 24.3 Å². The average Bonchev–Trinajstić information content (AvgIpc) is 2.77. The van der Waals surface area contributed by atoms with E-state index < -0.39 is 42.8 Å². The Hall–Kier alpha value is -3.59. The fraction of sp³-hybridized carbons (Fsp3) is 0.174. The number of fused-ring (bicyclic) bond motifs is 1. The third kappa shape index (κ3) is 4.38. The molecule has 7 nitrogen and oxygen atoms in total. The van der Waals surface area contributed by atoms with Gasteiger partial charge in [-0.15, -0.1) is 0 Å². The largest absolute Gasteiger partial charge is 0.334 e. The zero-order chi connectivity index (χ0) is 22.9. The van der Waals surface area contributed by atoms with Crippen molar-refractivity contribution in [1.82, 2.24) is 4.90 Å². The van der Waals surface area contributed by atoms with Crippen molar-refractivity contribution in [1.29, 1.82) is 0 Å². The minimum Gasteiger partial charge on any atom is -0.334 e. The standard InChI is InChI=1S/C23H19FN2O5S/c24-20-7-3-4-16(12-20)15-32(30,31)22-9-8-18(13-21(22)26(28)29)23(27)25-11-10-17-5-1-2-6-19(17)14-25/h1-9,12-13H,10-11,14-15H2. The molecular weight excluding hydrogens is 435 g/mol. The first-order valence-electron chi connectivity index (χ1n) is 9.86. The third-order valence-corrected chi connectivity index (χ3v) is 7.13. The molecule has 3 aromatic rings. The van der Waals surface area contributed by atoms with Crippen molar-refractivity contribution in [2.45, 2.75) is 23.6 Å². The molecule has 4 rings (SSSR count). The summed E-state index contributed by atoms with van der Waals surface area (Å²) in [5.41, 5.74) is 1.70. The van der Waals surface area contributed by atoms with Crippen molar-refractivity contribution in [2.75, 3.05) is 6.54 Å². The number of nitro benzene ring substituents is 1. The van der Waals surface area contributed by atoms with Crippen LogP contribution >= 0.6 is 0 Å². The number of sulfone groups is 1. The van der Waals surface area contributed by atoms with Gasteiger partial charge in [0, 0.05) is 24.7 Å². The molecule has 0 saturated heterocycles. The van der Waals surface area contributed by atoms with Gasteiger partial charge in [-0.25, -0.2) is 12.8 Å². The van der Waals surface area contributed by atoms with E-state index in [9.17, 15) is 27.7 Å². The molecule has 1 heterocycles. The smallest absolute Gasteiger partial charge is 0.288 e. The van der Waals surface area contributed by atoms with Crippen LogP contribution in [-0.2, 0) is 28.6 Å². The summed E-state index contributed by atoms with van der Waals surface area (Å²) in [6.45, 7) is 0.839. The van der Waals surface area contributed by atoms with E-state index in [0.717, 1.165) is 29.3 Å². The van der Waals surface area contributed by atoms with Gasteiger partial charge in [0.25, 0.3) is 11.6 Å². The van der Waals surface area contributed by atoms with Gasteiger partial charge >= 0.3 is 0 Å². The highest BCUT2D eigenvalue weighted by Gasteiger charge is 2.29. The van der Waals surface area contributed by atoms with Gasteiger partial charge in [-0.3, -0.25) is 14.9 Å². The van der Waals surface area contributed by atoms with Crippen molar-refractivity contribution >= 4 is 21.4 Å². The number of benzene rings is 3. The molecule has 1 aliphatic heterocycles. The second-order valence-corrected chi connectivity index (χ2v) is 9.53. The number of carbonyl (C=O) groups is 1. The normalized spacial score (nSPS) is 13.5. The van der Waals surface area contributed by atoms with Crippen LogP contribution in [0.4, 0.5) is 10.1 Å². The number of rotatable bonds is 5. The Labute approximate surface area is 184 Å². The van der Waals surface area contributed by atoms with Gasteiger partial charge in [-0.05, 0) is 47.4 Å².